The second-order valence-corrected chi connectivity index (χ2v) is 11.9. The van der Waals surface area contributed by atoms with Crippen molar-refractivity contribution in [3.05, 3.63) is 99.0 Å². The van der Waals surface area contributed by atoms with Gasteiger partial charge in [0.25, 0.3) is 5.91 Å². The van der Waals surface area contributed by atoms with E-state index in [2.05, 4.69) is 45.5 Å². The fourth-order valence-corrected chi connectivity index (χ4v) is 7.06. The monoisotopic (exact) mass is 614 g/mol. The zero-order valence-corrected chi connectivity index (χ0v) is 24.4. The van der Waals surface area contributed by atoms with E-state index in [9.17, 15) is 19.2 Å². The van der Waals surface area contributed by atoms with E-state index in [0.717, 1.165) is 10.0 Å². The zero-order chi connectivity index (χ0) is 28.7. The van der Waals surface area contributed by atoms with E-state index < -0.39 is 11.9 Å². The molecule has 1 N–H and O–H groups in total. The van der Waals surface area contributed by atoms with Crippen LogP contribution in [-0.2, 0) is 23.9 Å². The van der Waals surface area contributed by atoms with Crippen LogP contribution in [0.25, 0.3) is 0 Å². The average molecular weight is 616 g/mol. The molecule has 7 rings (SSSR count). The van der Waals surface area contributed by atoms with Crippen molar-refractivity contribution in [2.45, 2.75) is 44.4 Å². The van der Waals surface area contributed by atoms with Gasteiger partial charge >= 0.3 is 5.97 Å². The average Bonchev–Trinajstić information content (AvgIpc) is 3.23. The number of nitrogens with zero attached hydrogens (tertiary/aromatic N) is 1. The first kappa shape index (κ1) is 27.4. The van der Waals surface area contributed by atoms with Crippen LogP contribution in [0, 0.1) is 18.8 Å². The number of ether oxygens (including phenoxy) is 1. The quantitative estimate of drug-likeness (QED) is 0.190. The van der Waals surface area contributed by atoms with Crippen molar-refractivity contribution in [3.63, 3.8) is 0 Å². The van der Waals surface area contributed by atoms with E-state index in [0.29, 0.717) is 31.5 Å². The number of carbonyl (C=O) groups excluding carboxylic acids is 4. The number of hydrogen-bond donors (Lipinski definition) is 1. The number of imide groups is 1. The maximum Gasteiger partial charge on any atom is 0.306 e. The van der Waals surface area contributed by atoms with Crippen molar-refractivity contribution in [1.29, 1.82) is 0 Å². The summed E-state index contributed by atoms with van der Waals surface area (Å²) in [4.78, 5) is 53.0. The summed E-state index contributed by atoms with van der Waals surface area (Å²) in [5.74, 6) is -1.92. The first-order valence-electron chi connectivity index (χ1n) is 14.1. The van der Waals surface area contributed by atoms with E-state index in [1.807, 2.05) is 43.3 Å². The number of likely N-dealkylation sites (tertiary alicyclic amines) is 1. The molecule has 0 unspecified atom stereocenters. The molecule has 1 fully saturated rings. The number of amides is 3. The summed E-state index contributed by atoms with van der Waals surface area (Å²) in [5.41, 5.74) is 6.29. The molecular formula is C33H31BrN2O5. The van der Waals surface area contributed by atoms with Crippen molar-refractivity contribution in [3.8, 4) is 0 Å². The Kier molecular flexibility index (Phi) is 7.51. The first-order valence-corrected chi connectivity index (χ1v) is 14.9. The Labute approximate surface area is 247 Å². The lowest BCUT2D eigenvalue weighted by atomic mass is 9.55. The third-order valence-corrected chi connectivity index (χ3v) is 9.50. The Balaban J connectivity index is 0.993. The predicted molar refractivity (Wildman–Crippen MR) is 157 cm³/mol. The van der Waals surface area contributed by atoms with Gasteiger partial charge in [-0.15, -0.1) is 0 Å². The molecule has 8 heteroatoms. The third-order valence-electron chi connectivity index (χ3n) is 8.61. The smallest absolute Gasteiger partial charge is 0.306 e. The molecule has 1 aliphatic heterocycles. The standard InChI is InChI=1S/C33H31BrN2O5/c1-19-17-20(14-15-25(19)34)35-26(37)18-41-27(38)13-3-2-8-16-36-32(39)30-28-21-9-4-5-10-22(21)29(31(30)33(36)40)24-12-7-6-11-23(24)28/h4-7,9-12,14-15,17,28-31H,2-3,8,13,16,18H2,1H3,(H,35,37)/t28?,29?,30-,31-/m0/s1. The van der Waals surface area contributed by atoms with Gasteiger partial charge in [0, 0.05) is 35.0 Å². The largest absolute Gasteiger partial charge is 0.456 e. The first-order chi connectivity index (χ1) is 19.8. The number of carbonyl (C=O) groups is 4. The number of rotatable bonds is 9. The van der Waals surface area contributed by atoms with Crippen LogP contribution in [0.4, 0.5) is 5.69 Å². The van der Waals surface area contributed by atoms with Crippen LogP contribution in [-0.4, -0.2) is 41.7 Å². The maximum absolute atomic E-state index is 13.6. The van der Waals surface area contributed by atoms with E-state index in [-0.39, 0.29) is 48.5 Å². The van der Waals surface area contributed by atoms with Crippen molar-refractivity contribution >= 4 is 45.3 Å². The zero-order valence-electron chi connectivity index (χ0n) is 22.8. The van der Waals surface area contributed by atoms with Gasteiger partial charge in [-0.2, -0.15) is 0 Å². The highest BCUT2D eigenvalue weighted by Gasteiger charge is 2.61. The predicted octanol–water partition coefficient (Wildman–Crippen LogP) is 5.69. The Morgan fingerprint density at radius 2 is 1.39 bits per heavy atom. The number of benzene rings is 3. The molecule has 1 saturated heterocycles. The molecule has 3 aromatic rings. The van der Waals surface area contributed by atoms with Crippen LogP contribution in [0.1, 0.15) is 65.3 Å². The Morgan fingerprint density at radius 1 is 0.829 bits per heavy atom. The highest BCUT2D eigenvalue weighted by atomic mass is 79.9. The maximum atomic E-state index is 13.6. The molecule has 210 valence electrons. The summed E-state index contributed by atoms with van der Waals surface area (Å²) in [6, 6.07) is 21.9. The van der Waals surface area contributed by atoms with Crippen LogP contribution >= 0.6 is 15.9 Å². The van der Waals surface area contributed by atoms with Crippen LogP contribution in [0.5, 0.6) is 0 Å². The van der Waals surface area contributed by atoms with Crippen LogP contribution < -0.4 is 5.32 Å². The summed E-state index contributed by atoms with van der Waals surface area (Å²) in [6.45, 7) is 1.92. The fraction of sp³-hybridized carbons (Fsp3) is 0.333. The van der Waals surface area contributed by atoms with Crippen molar-refractivity contribution in [2.24, 2.45) is 11.8 Å². The Bertz CT molecular complexity index is 1440. The molecule has 0 aromatic heterocycles. The molecule has 4 aliphatic rings. The Hall–Kier alpha value is -3.78. The summed E-state index contributed by atoms with van der Waals surface area (Å²) in [7, 11) is 0. The molecule has 0 radical (unpaired) electrons. The van der Waals surface area contributed by atoms with Crippen LogP contribution in [0.3, 0.4) is 0 Å². The van der Waals surface area contributed by atoms with Gasteiger partial charge in [0.15, 0.2) is 6.61 Å². The lowest BCUT2D eigenvalue weighted by Crippen LogP contribution is -2.41. The van der Waals surface area contributed by atoms with Crippen molar-refractivity contribution in [1.82, 2.24) is 4.90 Å². The normalized spacial score (nSPS) is 21.8. The third kappa shape index (κ3) is 4.99. The van der Waals surface area contributed by atoms with E-state index in [4.69, 9.17) is 4.74 Å². The van der Waals surface area contributed by atoms with Gasteiger partial charge in [0.1, 0.15) is 0 Å². The molecule has 3 aromatic carbocycles. The van der Waals surface area contributed by atoms with Gasteiger partial charge in [-0.25, -0.2) is 0 Å². The fourth-order valence-electron chi connectivity index (χ4n) is 6.81. The number of hydrogen-bond acceptors (Lipinski definition) is 5. The highest BCUT2D eigenvalue weighted by Crippen LogP contribution is 2.60. The van der Waals surface area contributed by atoms with Crippen molar-refractivity contribution < 1.29 is 23.9 Å². The summed E-state index contributed by atoms with van der Waals surface area (Å²) in [5, 5.41) is 2.72. The number of esters is 1. The minimum Gasteiger partial charge on any atom is -0.456 e. The molecule has 2 bridgehead atoms. The van der Waals surface area contributed by atoms with E-state index in [1.165, 1.54) is 27.2 Å². The van der Waals surface area contributed by atoms with Gasteiger partial charge in [0.2, 0.25) is 11.8 Å². The second kappa shape index (κ2) is 11.2. The van der Waals surface area contributed by atoms with Gasteiger partial charge in [0.05, 0.1) is 11.8 Å². The molecule has 2 atom stereocenters. The number of anilines is 1. The van der Waals surface area contributed by atoms with Gasteiger partial charge in [-0.05, 0) is 65.8 Å². The minimum atomic E-state index is -0.446. The lowest BCUT2D eigenvalue weighted by Gasteiger charge is -2.45. The molecular weight excluding hydrogens is 584 g/mol. The lowest BCUT2D eigenvalue weighted by molar-refractivity contribution is -0.147. The second-order valence-electron chi connectivity index (χ2n) is 11.1. The van der Waals surface area contributed by atoms with Gasteiger partial charge < -0.3 is 10.1 Å². The summed E-state index contributed by atoms with van der Waals surface area (Å²) >= 11 is 3.42. The molecule has 3 aliphatic carbocycles. The molecule has 0 saturated carbocycles. The number of nitrogens with one attached hydrogen (secondary N) is 1. The molecule has 3 amide bonds. The number of aryl methyl sites for hydroxylation is 1. The number of halogens is 1. The highest BCUT2D eigenvalue weighted by molar-refractivity contribution is 9.10. The van der Waals surface area contributed by atoms with Crippen LogP contribution in [0.2, 0.25) is 0 Å². The topological polar surface area (TPSA) is 92.8 Å². The summed E-state index contributed by atoms with van der Waals surface area (Å²) < 4.78 is 6.07. The molecule has 1 heterocycles. The van der Waals surface area contributed by atoms with E-state index >= 15 is 0 Å². The summed E-state index contributed by atoms with van der Waals surface area (Å²) in [6.07, 6.45) is 2.01. The molecule has 41 heavy (non-hydrogen) atoms. The van der Waals surface area contributed by atoms with Crippen LogP contribution in [0.15, 0.2) is 71.2 Å². The van der Waals surface area contributed by atoms with Gasteiger partial charge in [-0.1, -0.05) is 70.9 Å². The van der Waals surface area contributed by atoms with Gasteiger partial charge in [-0.3, -0.25) is 24.1 Å². The van der Waals surface area contributed by atoms with Crippen molar-refractivity contribution in [2.75, 3.05) is 18.5 Å². The number of unbranched alkanes of at least 4 members (excludes halogenated alkanes) is 2. The SMILES string of the molecule is Cc1cc(NC(=O)COC(=O)CCCCCN2C(=O)[C@H]3C4c5ccccc5C(c5ccccc54)[C@@H]3C2=O)ccc1Br. The Morgan fingerprint density at radius 3 is 1.93 bits per heavy atom. The molecule has 7 nitrogen and oxygen atoms in total. The minimum absolute atomic E-state index is 0.0783. The van der Waals surface area contributed by atoms with E-state index in [1.54, 1.807) is 6.07 Å². The molecule has 0 spiro atoms.